The summed E-state index contributed by atoms with van der Waals surface area (Å²) in [7, 11) is 3.45. The Morgan fingerprint density at radius 3 is 2.69 bits per heavy atom. The summed E-state index contributed by atoms with van der Waals surface area (Å²) >= 11 is 5.58. The molecule has 0 aliphatic carbocycles. The minimum Gasteiger partial charge on any atom is -0.385 e. The van der Waals surface area contributed by atoms with Crippen LogP contribution in [0.4, 0.5) is 0 Å². The maximum atomic E-state index is 11.5. The van der Waals surface area contributed by atoms with Gasteiger partial charge in [-0.1, -0.05) is 6.92 Å². The number of alkyl halides is 1. The van der Waals surface area contributed by atoms with Crippen molar-refractivity contribution >= 4 is 17.5 Å². The van der Waals surface area contributed by atoms with E-state index in [0.29, 0.717) is 12.5 Å². The third-order valence-corrected chi connectivity index (χ3v) is 2.33. The van der Waals surface area contributed by atoms with Gasteiger partial charge in [-0.2, -0.15) is 0 Å². The molecule has 78 valence electrons. The first-order valence-corrected chi connectivity index (χ1v) is 4.96. The Labute approximate surface area is 85.0 Å². The highest BCUT2D eigenvalue weighted by molar-refractivity contribution is 6.19. The highest BCUT2D eigenvalue weighted by atomic mass is 35.5. The van der Waals surface area contributed by atoms with E-state index in [2.05, 4.69) is 0 Å². The third kappa shape index (κ3) is 5.11. The quantitative estimate of drug-likeness (QED) is 0.486. The Bertz CT molecular complexity index is 153. The Kier molecular flexibility index (Phi) is 7.00. The van der Waals surface area contributed by atoms with E-state index in [-0.39, 0.29) is 11.8 Å². The smallest absolute Gasteiger partial charge is 0.226 e. The van der Waals surface area contributed by atoms with Gasteiger partial charge in [0.2, 0.25) is 5.91 Å². The van der Waals surface area contributed by atoms with Crippen LogP contribution < -0.4 is 0 Å². The monoisotopic (exact) mass is 207 g/mol. The molecule has 0 N–H and O–H groups in total. The van der Waals surface area contributed by atoms with E-state index in [4.69, 9.17) is 16.3 Å². The number of nitrogens with zero attached hydrogens (tertiary/aromatic N) is 1. The van der Waals surface area contributed by atoms with Crippen LogP contribution >= 0.6 is 11.6 Å². The van der Waals surface area contributed by atoms with Crippen molar-refractivity contribution in [2.75, 3.05) is 33.2 Å². The third-order valence-electron chi connectivity index (χ3n) is 1.87. The van der Waals surface area contributed by atoms with E-state index in [1.807, 2.05) is 6.92 Å². The van der Waals surface area contributed by atoms with Crippen LogP contribution in [0.2, 0.25) is 0 Å². The molecule has 0 spiro atoms. The van der Waals surface area contributed by atoms with Gasteiger partial charge in [0, 0.05) is 39.1 Å². The minimum absolute atomic E-state index is 0.0887. The number of methoxy groups -OCH3 is 1. The second-order valence-electron chi connectivity index (χ2n) is 3.16. The van der Waals surface area contributed by atoms with Gasteiger partial charge in [0.15, 0.2) is 0 Å². The molecule has 0 aliphatic heterocycles. The molecule has 0 radical (unpaired) electrons. The number of amides is 1. The van der Waals surface area contributed by atoms with Crippen molar-refractivity contribution in [3.05, 3.63) is 0 Å². The van der Waals surface area contributed by atoms with Gasteiger partial charge in [0.25, 0.3) is 0 Å². The van der Waals surface area contributed by atoms with Gasteiger partial charge < -0.3 is 9.64 Å². The van der Waals surface area contributed by atoms with Crippen molar-refractivity contribution in [3.8, 4) is 0 Å². The number of carbonyl (C=O) groups is 1. The predicted octanol–water partition coefficient (Wildman–Crippen LogP) is 1.36. The molecule has 0 aromatic heterocycles. The van der Waals surface area contributed by atoms with Crippen molar-refractivity contribution in [2.45, 2.75) is 13.3 Å². The molecule has 1 unspecified atom stereocenters. The highest BCUT2D eigenvalue weighted by Crippen LogP contribution is 2.03. The maximum absolute atomic E-state index is 11.5. The first kappa shape index (κ1) is 12.7. The zero-order valence-corrected chi connectivity index (χ0v) is 9.30. The fourth-order valence-corrected chi connectivity index (χ4v) is 1.13. The molecule has 0 saturated carbocycles. The lowest BCUT2D eigenvalue weighted by atomic mass is 10.2. The summed E-state index contributed by atoms with van der Waals surface area (Å²) in [6.07, 6.45) is 0.869. The van der Waals surface area contributed by atoms with Gasteiger partial charge in [-0.15, -0.1) is 11.6 Å². The van der Waals surface area contributed by atoms with Gasteiger partial charge in [-0.3, -0.25) is 4.79 Å². The number of halogens is 1. The van der Waals surface area contributed by atoms with E-state index >= 15 is 0 Å². The minimum atomic E-state index is -0.0887. The normalized spacial score (nSPS) is 12.6. The maximum Gasteiger partial charge on any atom is 0.226 e. The molecule has 0 saturated heterocycles. The average Bonchev–Trinajstić information content (AvgIpc) is 2.15. The summed E-state index contributed by atoms with van der Waals surface area (Å²) in [5.41, 5.74) is 0. The molecule has 0 aromatic carbocycles. The number of carbonyl (C=O) groups excluding carboxylic acids is 1. The van der Waals surface area contributed by atoms with E-state index in [9.17, 15) is 4.79 Å². The van der Waals surface area contributed by atoms with Crippen LogP contribution in [-0.4, -0.2) is 44.0 Å². The van der Waals surface area contributed by atoms with Gasteiger partial charge >= 0.3 is 0 Å². The molecule has 13 heavy (non-hydrogen) atoms. The first-order chi connectivity index (χ1) is 6.13. The topological polar surface area (TPSA) is 29.5 Å². The molecule has 0 rings (SSSR count). The lowest BCUT2D eigenvalue weighted by Gasteiger charge is -2.19. The van der Waals surface area contributed by atoms with Crippen LogP contribution in [0, 0.1) is 5.92 Å². The van der Waals surface area contributed by atoms with Crippen LogP contribution in [0.25, 0.3) is 0 Å². The number of hydrogen-bond acceptors (Lipinski definition) is 2. The summed E-state index contributed by atoms with van der Waals surface area (Å²) in [6, 6.07) is 0. The second kappa shape index (κ2) is 7.15. The van der Waals surface area contributed by atoms with Crippen LogP contribution in [0.1, 0.15) is 13.3 Å². The van der Waals surface area contributed by atoms with Gasteiger partial charge in [0.1, 0.15) is 0 Å². The number of rotatable bonds is 6. The Balaban J connectivity index is 3.69. The van der Waals surface area contributed by atoms with Crippen molar-refractivity contribution in [3.63, 3.8) is 0 Å². The fraction of sp³-hybridized carbons (Fsp3) is 0.889. The lowest BCUT2D eigenvalue weighted by Crippen LogP contribution is -2.33. The number of ether oxygens (including phenoxy) is 1. The van der Waals surface area contributed by atoms with Crippen LogP contribution in [0.5, 0.6) is 0 Å². The Morgan fingerprint density at radius 1 is 1.62 bits per heavy atom. The molecule has 0 fully saturated rings. The fourth-order valence-electron chi connectivity index (χ4n) is 0.998. The Morgan fingerprint density at radius 2 is 2.23 bits per heavy atom. The zero-order chi connectivity index (χ0) is 10.3. The molecule has 1 atom stereocenters. The molecular formula is C9H18ClNO2. The lowest BCUT2D eigenvalue weighted by molar-refractivity contribution is -0.133. The van der Waals surface area contributed by atoms with E-state index in [1.165, 1.54) is 0 Å². The molecule has 0 aliphatic rings. The second-order valence-corrected chi connectivity index (χ2v) is 3.47. The molecule has 0 aromatic rings. The summed E-state index contributed by atoms with van der Waals surface area (Å²) in [5, 5.41) is 0. The molecule has 1 amide bonds. The van der Waals surface area contributed by atoms with Crippen LogP contribution in [-0.2, 0) is 9.53 Å². The van der Waals surface area contributed by atoms with Crippen molar-refractivity contribution in [1.82, 2.24) is 4.90 Å². The van der Waals surface area contributed by atoms with Gasteiger partial charge in [-0.25, -0.2) is 0 Å². The van der Waals surface area contributed by atoms with E-state index in [0.717, 1.165) is 13.0 Å². The standard InChI is InChI=1S/C9H18ClNO2/c1-8(7-10)9(12)11(2)5-4-6-13-3/h8H,4-7H2,1-3H3. The van der Waals surface area contributed by atoms with Crippen LogP contribution in [0.3, 0.4) is 0 Å². The number of hydrogen-bond donors (Lipinski definition) is 0. The van der Waals surface area contributed by atoms with E-state index < -0.39 is 0 Å². The Hall–Kier alpha value is -0.280. The SMILES string of the molecule is COCCCN(C)C(=O)C(C)CCl. The molecule has 0 heterocycles. The van der Waals surface area contributed by atoms with Gasteiger partial charge in [-0.05, 0) is 6.42 Å². The zero-order valence-electron chi connectivity index (χ0n) is 8.55. The molecule has 4 heteroatoms. The largest absolute Gasteiger partial charge is 0.385 e. The van der Waals surface area contributed by atoms with Gasteiger partial charge in [0.05, 0.1) is 0 Å². The van der Waals surface area contributed by atoms with E-state index in [1.54, 1.807) is 19.1 Å². The summed E-state index contributed by atoms with van der Waals surface area (Å²) in [6.45, 7) is 3.25. The highest BCUT2D eigenvalue weighted by Gasteiger charge is 2.15. The summed E-state index contributed by atoms with van der Waals surface area (Å²) in [4.78, 5) is 13.2. The molecular weight excluding hydrogens is 190 g/mol. The predicted molar refractivity (Wildman–Crippen MR) is 54.0 cm³/mol. The molecule has 3 nitrogen and oxygen atoms in total. The summed E-state index contributed by atoms with van der Waals surface area (Å²) in [5.74, 6) is 0.397. The van der Waals surface area contributed by atoms with Crippen molar-refractivity contribution in [2.24, 2.45) is 5.92 Å². The molecule has 0 bridgehead atoms. The first-order valence-electron chi connectivity index (χ1n) is 4.43. The van der Waals surface area contributed by atoms with Crippen molar-refractivity contribution in [1.29, 1.82) is 0 Å². The summed E-state index contributed by atoms with van der Waals surface area (Å²) < 4.78 is 4.89. The van der Waals surface area contributed by atoms with Crippen LogP contribution in [0.15, 0.2) is 0 Å². The van der Waals surface area contributed by atoms with Crippen molar-refractivity contribution < 1.29 is 9.53 Å². The average molecular weight is 208 g/mol.